The molecule has 0 bridgehead atoms. The van der Waals surface area contributed by atoms with Gasteiger partial charge in [-0.25, -0.2) is 0 Å². The van der Waals surface area contributed by atoms with E-state index in [0.717, 1.165) is 30.2 Å². The number of rotatable bonds is 4. The number of nitrogens with zero attached hydrogens (tertiary/aromatic N) is 1. The van der Waals surface area contributed by atoms with Crippen LogP contribution in [0.15, 0.2) is 29.2 Å². The van der Waals surface area contributed by atoms with Crippen LogP contribution in [0, 0.1) is 0 Å². The maximum Gasteiger partial charge on any atom is 0.293 e. The van der Waals surface area contributed by atoms with Crippen LogP contribution in [0.4, 0.5) is 4.79 Å². The first-order valence-electron chi connectivity index (χ1n) is 6.13. The van der Waals surface area contributed by atoms with Gasteiger partial charge in [-0.05, 0) is 35.9 Å². The second-order valence-corrected chi connectivity index (χ2v) is 5.61. The van der Waals surface area contributed by atoms with Gasteiger partial charge in [-0.1, -0.05) is 43.1 Å². The normalized spacial score (nSPS) is 17.6. The quantitative estimate of drug-likeness (QED) is 0.782. The molecule has 0 aromatic heterocycles. The summed E-state index contributed by atoms with van der Waals surface area (Å²) >= 11 is 7.02. The molecule has 0 N–H and O–H groups in total. The number of carbonyl (C=O) groups is 2. The molecule has 0 aliphatic carbocycles. The lowest BCUT2D eigenvalue weighted by atomic mass is 10.2. The predicted octanol–water partition coefficient (Wildman–Crippen LogP) is 4.18. The SMILES string of the molecule is CCCCN1C(=O)S/C(=C\c2ccccc2Cl)C1=O. The van der Waals surface area contributed by atoms with Crippen molar-refractivity contribution in [3.63, 3.8) is 0 Å². The lowest BCUT2D eigenvalue weighted by Gasteiger charge is -2.10. The van der Waals surface area contributed by atoms with Crippen molar-refractivity contribution < 1.29 is 9.59 Å². The fourth-order valence-electron chi connectivity index (χ4n) is 1.74. The third-order valence-corrected chi connectivity index (χ3v) is 4.05. The molecule has 1 aliphatic heterocycles. The average molecular weight is 296 g/mol. The molecule has 3 nitrogen and oxygen atoms in total. The summed E-state index contributed by atoms with van der Waals surface area (Å²) in [5, 5.41) is 0.375. The van der Waals surface area contributed by atoms with Crippen LogP contribution in [-0.2, 0) is 4.79 Å². The highest BCUT2D eigenvalue weighted by Gasteiger charge is 2.34. The Morgan fingerprint density at radius 3 is 2.74 bits per heavy atom. The number of unbranched alkanes of at least 4 members (excludes halogenated alkanes) is 1. The van der Waals surface area contributed by atoms with Crippen molar-refractivity contribution in [3.05, 3.63) is 39.8 Å². The summed E-state index contributed by atoms with van der Waals surface area (Å²) in [6, 6.07) is 7.25. The molecule has 19 heavy (non-hydrogen) atoms. The van der Waals surface area contributed by atoms with E-state index in [2.05, 4.69) is 0 Å². The van der Waals surface area contributed by atoms with E-state index in [1.165, 1.54) is 4.90 Å². The fourth-order valence-corrected chi connectivity index (χ4v) is 2.79. The molecule has 0 radical (unpaired) electrons. The minimum Gasteiger partial charge on any atom is -0.268 e. The highest BCUT2D eigenvalue weighted by atomic mass is 35.5. The van der Waals surface area contributed by atoms with Crippen molar-refractivity contribution in [1.29, 1.82) is 0 Å². The van der Waals surface area contributed by atoms with E-state index < -0.39 is 0 Å². The van der Waals surface area contributed by atoms with E-state index in [0.29, 0.717) is 16.5 Å². The Balaban J connectivity index is 2.21. The van der Waals surface area contributed by atoms with E-state index in [9.17, 15) is 9.59 Å². The molecule has 5 heteroatoms. The molecular formula is C14H14ClNO2S. The van der Waals surface area contributed by atoms with Gasteiger partial charge in [0.15, 0.2) is 0 Å². The highest BCUT2D eigenvalue weighted by Crippen LogP contribution is 2.33. The van der Waals surface area contributed by atoms with Gasteiger partial charge in [0, 0.05) is 11.6 Å². The van der Waals surface area contributed by atoms with Gasteiger partial charge < -0.3 is 0 Å². The lowest BCUT2D eigenvalue weighted by Crippen LogP contribution is -2.29. The van der Waals surface area contributed by atoms with Gasteiger partial charge in [-0.15, -0.1) is 0 Å². The van der Waals surface area contributed by atoms with Crippen LogP contribution >= 0.6 is 23.4 Å². The van der Waals surface area contributed by atoms with E-state index >= 15 is 0 Å². The minimum atomic E-state index is -0.219. The number of halogens is 1. The molecule has 1 aromatic carbocycles. The highest BCUT2D eigenvalue weighted by molar-refractivity contribution is 8.18. The standard InChI is InChI=1S/C14H14ClNO2S/c1-2-3-8-16-13(17)12(19-14(16)18)9-10-6-4-5-7-11(10)15/h4-7,9H,2-3,8H2,1H3/b12-9-. The van der Waals surface area contributed by atoms with Crippen LogP contribution in [0.1, 0.15) is 25.3 Å². The summed E-state index contributed by atoms with van der Waals surface area (Å²) in [7, 11) is 0. The number of carbonyl (C=O) groups excluding carboxylic acids is 2. The first-order chi connectivity index (χ1) is 9.13. The molecule has 0 spiro atoms. The molecule has 1 aliphatic rings. The first-order valence-corrected chi connectivity index (χ1v) is 7.33. The molecule has 0 unspecified atom stereocenters. The molecule has 0 saturated carbocycles. The van der Waals surface area contributed by atoms with E-state index in [-0.39, 0.29) is 11.1 Å². The average Bonchev–Trinajstić information content (AvgIpc) is 2.65. The Morgan fingerprint density at radius 2 is 2.05 bits per heavy atom. The van der Waals surface area contributed by atoms with Gasteiger partial charge in [0.05, 0.1) is 4.91 Å². The zero-order chi connectivity index (χ0) is 13.8. The smallest absolute Gasteiger partial charge is 0.268 e. The van der Waals surface area contributed by atoms with E-state index in [4.69, 9.17) is 11.6 Å². The summed E-state index contributed by atoms with van der Waals surface area (Å²) in [4.78, 5) is 25.6. The minimum absolute atomic E-state index is 0.197. The summed E-state index contributed by atoms with van der Waals surface area (Å²) in [6.07, 6.45) is 3.46. The largest absolute Gasteiger partial charge is 0.293 e. The molecule has 1 fully saturated rings. The summed E-state index contributed by atoms with van der Waals surface area (Å²) in [5.41, 5.74) is 0.755. The van der Waals surface area contributed by atoms with E-state index in [1.807, 2.05) is 25.1 Å². The van der Waals surface area contributed by atoms with Crippen molar-refractivity contribution in [2.75, 3.05) is 6.54 Å². The van der Waals surface area contributed by atoms with Crippen molar-refractivity contribution >= 4 is 40.6 Å². The number of hydrogen-bond donors (Lipinski definition) is 0. The zero-order valence-corrected chi connectivity index (χ0v) is 12.1. The first kappa shape index (κ1) is 14.2. The second-order valence-electron chi connectivity index (χ2n) is 4.21. The fraction of sp³-hybridized carbons (Fsp3) is 0.286. The van der Waals surface area contributed by atoms with Crippen LogP contribution < -0.4 is 0 Å². The van der Waals surface area contributed by atoms with Gasteiger partial charge in [0.25, 0.3) is 11.1 Å². The van der Waals surface area contributed by atoms with Gasteiger partial charge in [-0.2, -0.15) is 0 Å². The maximum atomic E-state index is 12.1. The van der Waals surface area contributed by atoms with Crippen LogP contribution in [-0.4, -0.2) is 22.6 Å². The summed E-state index contributed by atoms with van der Waals surface area (Å²) in [6.45, 7) is 2.51. The van der Waals surface area contributed by atoms with E-state index in [1.54, 1.807) is 12.1 Å². The molecular weight excluding hydrogens is 282 g/mol. The lowest BCUT2D eigenvalue weighted by molar-refractivity contribution is -0.122. The Kier molecular flexibility index (Phi) is 4.66. The molecule has 1 saturated heterocycles. The zero-order valence-electron chi connectivity index (χ0n) is 10.6. The van der Waals surface area contributed by atoms with Gasteiger partial charge in [-0.3, -0.25) is 14.5 Å². The second kappa shape index (κ2) is 6.26. The predicted molar refractivity (Wildman–Crippen MR) is 79.0 cm³/mol. The summed E-state index contributed by atoms with van der Waals surface area (Å²) < 4.78 is 0. The maximum absolute atomic E-state index is 12.1. The van der Waals surface area contributed by atoms with Crippen LogP contribution in [0.2, 0.25) is 5.02 Å². The monoisotopic (exact) mass is 295 g/mol. The molecule has 2 rings (SSSR count). The topological polar surface area (TPSA) is 37.4 Å². The number of amides is 2. The third kappa shape index (κ3) is 3.19. The van der Waals surface area contributed by atoms with Crippen LogP contribution in [0.25, 0.3) is 6.08 Å². The third-order valence-electron chi connectivity index (χ3n) is 2.80. The Bertz CT molecular complexity index is 542. The Labute approximate surface area is 121 Å². The number of imide groups is 1. The number of thioether (sulfide) groups is 1. The Morgan fingerprint density at radius 1 is 1.32 bits per heavy atom. The van der Waals surface area contributed by atoms with Gasteiger partial charge in [0.1, 0.15) is 0 Å². The van der Waals surface area contributed by atoms with Crippen molar-refractivity contribution in [1.82, 2.24) is 4.90 Å². The van der Waals surface area contributed by atoms with Gasteiger partial charge in [0.2, 0.25) is 0 Å². The van der Waals surface area contributed by atoms with Crippen molar-refractivity contribution in [2.45, 2.75) is 19.8 Å². The van der Waals surface area contributed by atoms with Crippen LogP contribution in [0.3, 0.4) is 0 Å². The van der Waals surface area contributed by atoms with Crippen molar-refractivity contribution in [2.24, 2.45) is 0 Å². The number of hydrogen-bond acceptors (Lipinski definition) is 3. The molecule has 0 atom stereocenters. The van der Waals surface area contributed by atoms with Gasteiger partial charge >= 0.3 is 0 Å². The van der Waals surface area contributed by atoms with Crippen LogP contribution in [0.5, 0.6) is 0 Å². The van der Waals surface area contributed by atoms with Crippen molar-refractivity contribution in [3.8, 4) is 0 Å². The molecule has 2 amide bonds. The summed E-state index contributed by atoms with van der Waals surface area (Å²) in [5.74, 6) is -0.219. The molecule has 100 valence electrons. The molecule has 1 heterocycles. The number of benzene rings is 1. The Hall–Kier alpha value is -1.26. The molecule has 1 aromatic rings.